The monoisotopic (exact) mass is 288 g/mol. The van der Waals surface area contributed by atoms with Gasteiger partial charge in [0.25, 0.3) is 5.56 Å². The standard InChI is InChI=1S/C15H16N2O2S/c1-2-14-16-10(9-20-14)8-17-12-4-3-5-13(18)11(12)6-7-15(17)19/h6-7,9H,2-5,8H2,1H3. The summed E-state index contributed by atoms with van der Waals surface area (Å²) in [4.78, 5) is 28.5. The Morgan fingerprint density at radius 2 is 2.15 bits per heavy atom. The van der Waals surface area contributed by atoms with Crippen molar-refractivity contribution < 1.29 is 4.79 Å². The predicted molar refractivity (Wildman–Crippen MR) is 78.6 cm³/mol. The molecule has 0 saturated heterocycles. The van der Waals surface area contributed by atoms with Crippen LogP contribution in [0, 0.1) is 0 Å². The highest BCUT2D eigenvalue weighted by atomic mass is 32.1. The number of aryl methyl sites for hydroxylation is 1. The number of carbonyl (C=O) groups is 1. The Kier molecular flexibility index (Phi) is 3.53. The van der Waals surface area contributed by atoms with Crippen LogP contribution in [0.4, 0.5) is 0 Å². The number of thiazole rings is 1. The maximum atomic E-state index is 12.1. The summed E-state index contributed by atoms with van der Waals surface area (Å²) in [5.74, 6) is 0.146. The third-order valence-corrected chi connectivity index (χ3v) is 4.68. The number of hydrogen-bond acceptors (Lipinski definition) is 4. The van der Waals surface area contributed by atoms with Gasteiger partial charge in [0, 0.05) is 29.1 Å². The number of nitrogens with zero attached hydrogens (tertiary/aromatic N) is 2. The fourth-order valence-electron chi connectivity index (χ4n) is 2.61. The number of fused-ring (bicyclic) bond motifs is 1. The van der Waals surface area contributed by atoms with Crippen LogP contribution in [0.2, 0.25) is 0 Å². The van der Waals surface area contributed by atoms with Gasteiger partial charge in [-0.15, -0.1) is 11.3 Å². The van der Waals surface area contributed by atoms with Gasteiger partial charge >= 0.3 is 0 Å². The molecule has 3 rings (SSSR count). The Bertz CT molecular complexity index is 715. The van der Waals surface area contributed by atoms with Gasteiger partial charge in [0.05, 0.1) is 17.2 Å². The Labute approximate surface area is 121 Å². The highest BCUT2D eigenvalue weighted by Gasteiger charge is 2.20. The summed E-state index contributed by atoms with van der Waals surface area (Å²) >= 11 is 1.62. The number of carbonyl (C=O) groups excluding carboxylic acids is 1. The summed E-state index contributed by atoms with van der Waals surface area (Å²) in [6.45, 7) is 2.53. The fourth-order valence-corrected chi connectivity index (χ4v) is 3.35. The molecule has 0 radical (unpaired) electrons. The molecule has 0 atom stereocenters. The number of hydrogen-bond donors (Lipinski definition) is 0. The van der Waals surface area contributed by atoms with Crippen molar-refractivity contribution in [2.75, 3.05) is 0 Å². The van der Waals surface area contributed by atoms with Crippen LogP contribution in [-0.4, -0.2) is 15.3 Å². The molecule has 0 N–H and O–H groups in total. The fraction of sp³-hybridized carbons (Fsp3) is 0.400. The summed E-state index contributed by atoms with van der Waals surface area (Å²) in [6, 6.07) is 3.17. The van der Waals surface area contributed by atoms with E-state index in [1.54, 1.807) is 22.0 Å². The molecule has 2 aromatic heterocycles. The molecule has 4 nitrogen and oxygen atoms in total. The van der Waals surface area contributed by atoms with Crippen molar-refractivity contribution in [2.24, 2.45) is 0 Å². The first-order chi connectivity index (χ1) is 9.69. The highest BCUT2D eigenvalue weighted by Crippen LogP contribution is 2.20. The van der Waals surface area contributed by atoms with Crippen LogP contribution >= 0.6 is 11.3 Å². The zero-order valence-corrected chi connectivity index (χ0v) is 12.2. The van der Waals surface area contributed by atoms with Gasteiger partial charge in [0.15, 0.2) is 5.78 Å². The average molecular weight is 288 g/mol. The van der Waals surface area contributed by atoms with Gasteiger partial charge < -0.3 is 4.57 Å². The van der Waals surface area contributed by atoms with E-state index < -0.39 is 0 Å². The first-order valence-corrected chi connectivity index (χ1v) is 7.76. The number of rotatable bonds is 3. The number of Topliss-reactive ketones (excluding diaryl/α,β-unsaturated/α-hetero) is 1. The molecule has 0 aromatic carbocycles. The van der Waals surface area contributed by atoms with Gasteiger partial charge in [0.1, 0.15) is 0 Å². The van der Waals surface area contributed by atoms with Crippen molar-refractivity contribution in [3.8, 4) is 0 Å². The van der Waals surface area contributed by atoms with Crippen LogP contribution in [0.1, 0.15) is 46.5 Å². The van der Waals surface area contributed by atoms with Crippen molar-refractivity contribution in [3.05, 3.63) is 49.8 Å². The number of aromatic nitrogens is 2. The lowest BCUT2D eigenvalue weighted by Gasteiger charge is -2.19. The van der Waals surface area contributed by atoms with E-state index >= 15 is 0 Å². The normalized spacial score (nSPS) is 14.3. The summed E-state index contributed by atoms with van der Waals surface area (Å²) < 4.78 is 1.71. The third kappa shape index (κ3) is 2.33. The van der Waals surface area contributed by atoms with Crippen molar-refractivity contribution in [1.29, 1.82) is 0 Å². The van der Waals surface area contributed by atoms with E-state index in [0.29, 0.717) is 18.5 Å². The molecule has 0 aliphatic heterocycles. The maximum Gasteiger partial charge on any atom is 0.251 e. The SMILES string of the molecule is CCc1nc(Cn2c3c(ccc2=O)C(=O)CCC3)cs1. The zero-order valence-electron chi connectivity index (χ0n) is 11.4. The summed E-state index contributed by atoms with van der Waals surface area (Å²) in [6.07, 6.45) is 3.11. The van der Waals surface area contributed by atoms with Crippen molar-refractivity contribution in [3.63, 3.8) is 0 Å². The molecule has 5 heteroatoms. The van der Waals surface area contributed by atoms with Crippen LogP contribution in [0.15, 0.2) is 22.3 Å². The van der Waals surface area contributed by atoms with Crippen LogP contribution in [0.5, 0.6) is 0 Å². The van der Waals surface area contributed by atoms with Gasteiger partial charge in [0.2, 0.25) is 0 Å². The van der Waals surface area contributed by atoms with Crippen LogP contribution in [-0.2, 0) is 19.4 Å². The van der Waals surface area contributed by atoms with E-state index in [4.69, 9.17) is 0 Å². The molecule has 104 valence electrons. The Balaban J connectivity index is 2.02. The summed E-state index contributed by atoms with van der Waals surface area (Å²) in [5.41, 5.74) is 2.44. The second-order valence-electron chi connectivity index (χ2n) is 4.98. The zero-order chi connectivity index (χ0) is 14.1. The van der Waals surface area contributed by atoms with E-state index in [2.05, 4.69) is 11.9 Å². The van der Waals surface area contributed by atoms with Gasteiger partial charge in [-0.05, 0) is 25.3 Å². The lowest BCUT2D eigenvalue weighted by Crippen LogP contribution is -2.28. The number of ketones is 1. The molecule has 0 amide bonds. The first kappa shape index (κ1) is 13.2. The topological polar surface area (TPSA) is 52.0 Å². The van der Waals surface area contributed by atoms with Gasteiger partial charge in [-0.25, -0.2) is 4.98 Å². The van der Waals surface area contributed by atoms with Gasteiger partial charge in [-0.3, -0.25) is 9.59 Å². The quantitative estimate of drug-likeness (QED) is 0.871. The molecule has 0 bridgehead atoms. The maximum absolute atomic E-state index is 12.1. The Morgan fingerprint density at radius 3 is 2.90 bits per heavy atom. The summed E-state index contributed by atoms with van der Waals surface area (Å²) in [5, 5.41) is 3.07. The molecular formula is C15H16N2O2S. The van der Waals surface area contributed by atoms with Crippen LogP contribution in [0.25, 0.3) is 0 Å². The minimum absolute atomic E-state index is 0.0514. The lowest BCUT2D eigenvalue weighted by atomic mass is 9.94. The Hall–Kier alpha value is -1.75. The van der Waals surface area contributed by atoms with Gasteiger partial charge in [-0.2, -0.15) is 0 Å². The van der Waals surface area contributed by atoms with Crippen molar-refractivity contribution in [1.82, 2.24) is 9.55 Å². The molecular weight excluding hydrogens is 272 g/mol. The largest absolute Gasteiger partial charge is 0.306 e. The van der Waals surface area contributed by atoms with Crippen molar-refractivity contribution in [2.45, 2.75) is 39.2 Å². The molecule has 2 aromatic rings. The minimum atomic E-state index is -0.0514. The second-order valence-corrected chi connectivity index (χ2v) is 5.92. The second kappa shape index (κ2) is 5.32. The third-order valence-electron chi connectivity index (χ3n) is 3.64. The van der Waals surface area contributed by atoms with E-state index in [9.17, 15) is 9.59 Å². The molecule has 20 heavy (non-hydrogen) atoms. The molecule has 0 fully saturated rings. The van der Waals surface area contributed by atoms with E-state index in [1.807, 2.05) is 5.38 Å². The Morgan fingerprint density at radius 1 is 1.30 bits per heavy atom. The first-order valence-electron chi connectivity index (χ1n) is 6.88. The molecule has 0 saturated carbocycles. The predicted octanol–water partition coefficient (Wildman–Crippen LogP) is 2.43. The number of pyridine rings is 1. The van der Waals surface area contributed by atoms with Crippen LogP contribution in [0.3, 0.4) is 0 Å². The smallest absolute Gasteiger partial charge is 0.251 e. The van der Waals surface area contributed by atoms with E-state index in [1.165, 1.54) is 6.07 Å². The molecule has 0 unspecified atom stereocenters. The lowest BCUT2D eigenvalue weighted by molar-refractivity contribution is 0.0970. The molecule has 1 aliphatic rings. The minimum Gasteiger partial charge on any atom is -0.306 e. The summed E-state index contributed by atoms with van der Waals surface area (Å²) in [7, 11) is 0. The average Bonchev–Trinajstić information content (AvgIpc) is 2.90. The van der Waals surface area contributed by atoms with Crippen LogP contribution < -0.4 is 5.56 Å². The van der Waals surface area contributed by atoms with Crippen molar-refractivity contribution >= 4 is 17.1 Å². The highest BCUT2D eigenvalue weighted by molar-refractivity contribution is 7.09. The van der Waals surface area contributed by atoms with E-state index in [-0.39, 0.29) is 11.3 Å². The molecule has 2 heterocycles. The van der Waals surface area contributed by atoms with Gasteiger partial charge in [-0.1, -0.05) is 6.92 Å². The molecule has 0 spiro atoms. The van der Waals surface area contributed by atoms with E-state index in [0.717, 1.165) is 35.7 Å². The molecule has 1 aliphatic carbocycles.